The van der Waals surface area contributed by atoms with E-state index in [1.54, 1.807) is 6.20 Å². The number of urea groups is 1. The lowest BCUT2D eigenvalue weighted by Gasteiger charge is -2.15. The Hall–Kier alpha value is -2.63. The third-order valence-electron chi connectivity index (χ3n) is 3.96. The van der Waals surface area contributed by atoms with Crippen LogP contribution in [0.5, 0.6) is 0 Å². The van der Waals surface area contributed by atoms with E-state index in [2.05, 4.69) is 15.6 Å². The molecule has 2 aromatic rings. The number of rotatable bonds is 4. The van der Waals surface area contributed by atoms with E-state index in [1.807, 2.05) is 35.2 Å². The van der Waals surface area contributed by atoms with Crippen LogP contribution in [0.4, 0.5) is 10.5 Å². The second kappa shape index (κ2) is 7.09. The topological polar surface area (TPSA) is 74.3 Å². The number of pyridine rings is 1. The number of carbonyl (C=O) groups is 2. The largest absolute Gasteiger partial charge is 0.343 e. The minimum atomic E-state index is -0.322. The number of hydrogen-bond acceptors (Lipinski definition) is 3. The summed E-state index contributed by atoms with van der Waals surface area (Å²) >= 11 is 0. The molecule has 23 heavy (non-hydrogen) atoms. The van der Waals surface area contributed by atoms with E-state index in [-0.39, 0.29) is 11.9 Å². The van der Waals surface area contributed by atoms with Crippen LogP contribution < -0.4 is 10.6 Å². The zero-order valence-electron chi connectivity index (χ0n) is 12.9. The molecule has 3 rings (SSSR count). The summed E-state index contributed by atoms with van der Waals surface area (Å²) in [6.07, 6.45) is 4.18. The average molecular weight is 312 g/mol. The third kappa shape index (κ3) is 3.77. The lowest BCUT2D eigenvalue weighted by molar-refractivity contribution is -0.129. The van der Waals surface area contributed by atoms with Gasteiger partial charge in [-0.25, -0.2) is 4.79 Å². The van der Waals surface area contributed by atoms with E-state index in [4.69, 9.17) is 0 Å². The monoisotopic (exact) mass is 312 g/mol. The molecule has 6 heteroatoms. The molecule has 0 bridgehead atoms. The Morgan fingerprint density at radius 1 is 1.13 bits per heavy atom. The second-order valence-electron chi connectivity index (χ2n) is 5.60. The van der Waals surface area contributed by atoms with Gasteiger partial charge in [-0.05, 0) is 25.0 Å². The standard InChI is InChI=1S/C17H20N4O2/c22-15(21-11-1-2-12-21)8-10-19-17(23)20-14-7-3-5-13-6-4-9-18-16(13)14/h3-7,9H,1-2,8,10-12H2,(H2,19,20,23). The normalized spacial score (nSPS) is 14.0. The Morgan fingerprint density at radius 2 is 1.91 bits per heavy atom. The molecule has 0 unspecified atom stereocenters. The molecule has 2 heterocycles. The fraction of sp³-hybridized carbons (Fsp3) is 0.353. The summed E-state index contributed by atoms with van der Waals surface area (Å²) in [7, 11) is 0. The highest BCUT2D eigenvalue weighted by Gasteiger charge is 2.17. The van der Waals surface area contributed by atoms with Crippen molar-refractivity contribution in [3.63, 3.8) is 0 Å². The molecule has 2 N–H and O–H groups in total. The molecule has 0 saturated carbocycles. The Morgan fingerprint density at radius 3 is 2.74 bits per heavy atom. The van der Waals surface area contributed by atoms with Crippen molar-refractivity contribution in [3.8, 4) is 0 Å². The summed E-state index contributed by atoms with van der Waals surface area (Å²) < 4.78 is 0. The van der Waals surface area contributed by atoms with E-state index < -0.39 is 0 Å². The number of hydrogen-bond donors (Lipinski definition) is 2. The summed E-state index contributed by atoms with van der Waals surface area (Å²) in [6.45, 7) is 2.01. The second-order valence-corrected chi connectivity index (χ2v) is 5.60. The predicted molar refractivity (Wildman–Crippen MR) is 89.2 cm³/mol. The highest BCUT2D eigenvalue weighted by atomic mass is 16.2. The van der Waals surface area contributed by atoms with Crippen molar-refractivity contribution in [2.45, 2.75) is 19.3 Å². The highest BCUT2D eigenvalue weighted by Crippen LogP contribution is 2.20. The molecule has 0 spiro atoms. The zero-order chi connectivity index (χ0) is 16.1. The Labute approximate surface area is 134 Å². The van der Waals surface area contributed by atoms with E-state index in [1.165, 1.54) is 0 Å². The van der Waals surface area contributed by atoms with E-state index in [0.717, 1.165) is 36.8 Å². The van der Waals surface area contributed by atoms with Crippen LogP contribution in [0.1, 0.15) is 19.3 Å². The number of nitrogens with zero attached hydrogens (tertiary/aromatic N) is 2. The van der Waals surface area contributed by atoms with Crippen LogP contribution in [0.25, 0.3) is 10.9 Å². The number of nitrogens with one attached hydrogen (secondary N) is 2. The van der Waals surface area contributed by atoms with Gasteiger partial charge in [0.2, 0.25) is 5.91 Å². The minimum absolute atomic E-state index is 0.106. The molecular weight excluding hydrogens is 292 g/mol. The van der Waals surface area contributed by atoms with Crippen molar-refractivity contribution in [2.75, 3.05) is 25.0 Å². The van der Waals surface area contributed by atoms with Gasteiger partial charge in [0.25, 0.3) is 0 Å². The smallest absolute Gasteiger partial charge is 0.319 e. The van der Waals surface area contributed by atoms with Gasteiger partial charge in [-0.3, -0.25) is 9.78 Å². The van der Waals surface area contributed by atoms with Gasteiger partial charge >= 0.3 is 6.03 Å². The van der Waals surface area contributed by atoms with Crippen LogP contribution in [0, 0.1) is 0 Å². The fourth-order valence-corrected chi connectivity index (χ4v) is 2.78. The van der Waals surface area contributed by atoms with E-state index >= 15 is 0 Å². The first-order valence-electron chi connectivity index (χ1n) is 7.90. The highest BCUT2D eigenvalue weighted by molar-refractivity contribution is 5.99. The Balaban J connectivity index is 1.51. The van der Waals surface area contributed by atoms with Crippen molar-refractivity contribution < 1.29 is 9.59 Å². The number of para-hydroxylation sites is 1. The molecule has 1 fully saturated rings. The number of amides is 3. The molecule has 1 aromatic carbocycles. The van der Waals surface area contributed by atoms with Crippen molar-refractivity contribution in [1.82, 2.24) is 15.2 Å². The lowest BCUT2D eigenvalue weighted by atomic mass is 10.2. The fourth-order valence-electron chi connectivity index (χ4n) is 2.78. The summed E-state index contributed by atoms with van der Waals surface area (Å²) in [5, 5.41) is 6.48. The molecule has 1 aliphatic heterocycles. The first kappa shape index (κ1) is 15.3. The van der Waals surface area contributed by atoms with Crippen LogP contribution in [0.3, 0.4) is 0 Å². The number of aromatic nitrogens is 1. The molecule has 0 atom stereocenters. The van der Waals surface area contributed by atoms with Crippen molar-refractivity contribution >= 4 is 28.5 Å². The van der Waals surface area contributed by atoms with E-state index in [9.17, 15) is 9.59 Å². The van der Waals surface area contributed by atoms with Gasteiger partial charge < -0.3 is 15.5 Å². The number of likely N-dealkylation sites (tertiary alicyclic amines) is 1. The molecule has 0 radical (unpaired) electrons. The van der Waals surface area contributed by atoms with Gasteiger partial charge in [-0.1, -0.05) is 18.2 Å². The van der Waals surface area contributed by atoms with Crippen LogP contribution >= 0.6 is 0 Å². The summed E-state index contributed by atoms with van der Waals surface area (Å²) in [5.41, 5.74) is 1.41. The molecule has 1 aliphatic rings. The predicted octanol–water partition coefficient (Wildman–Crippen LogP) is 2.37. The number of benzene rings is 1. The Kier molecular flexibility index (Phi) is 4.71. The zero-order valence-corrected chi connectivity index (χ0v) is 12.9. The number of anilines is 1. The SMILES string of the molecule is O=C(NCCC(=O)N1CCCC1)Nc1cccc2cccnc12. The van der Waals surface area contributed by atoms with Crippen LogP contribution in [0.15, 0.2) is 36.5 Å². The molecule has 3 amide bonds. The number of fused-ring (bicyclic) bond motifs is 1. The van der Waals surface area contributed by atoms with Gasteiger partial charge in [0.15, 0.2) is 0 Å². The molecular formula is C17H20N4O2. The first-order chi connectivity index (χ1) is 11.2. The maximum Gasteiger partial charge on any atom is 0.319 e. The molecule has 1 aromatic heterocycles. The van der Waals surface area contributed by atoms with Crippen molar-refractivity contribution in [1.29, 1.82) is 0 Å². The summed E-state index contributed by atoms with van der Waals surface area (Å²) in [4.78, 5) is 30.0. The average Bonchev–Trinajstić information content (AvgIpc) is 3.10. The molecule has 120 valence electrons. The number of carbonyl (C=O) groups excluding carboxylic acids is 2. The van der Waals surface area contributed by atoms with Gasteiger partial charge in [-0.15, -0.1) is 0 Å². The van der Waals surface area contributed by atoms with Gasteiger partial charge in [-0.2, -0.15) is 0 Å². The maximum atomic E-state index is 12.0. The van der Waals surface area contributed by atoms with Crippen LogP contribution in [-0.4, -0.2) is 41.5 Å². The quantitative estimate of drug-likeness (QED) is 0.910. The van der Waals surface area contributed by atoms with Gasteiger partial charge in [0.05, 0.1) is 11.2 Å². The molecule has 1 saturated heterocycles. The molecule has 0 aliphatic carbocycles. The minimum Gasteiger partial charge on any atom is -0.343 e. The summed E-state index contributed by atoms with van der Waals surface area (Å²) in [6, 6.07) is 9.11. The van der Waals surface area contributed by atoms with Crippen molar-refractivity contribution in [3.05, 3.63) is 36.5 Å². The first-order valence-corrected chi connectivity index (χ1v) is 7.90. The van der Waals surface area contributed by atoms with E-state index in [0.29, 0.717) is 18.7 Å². The summed E-state index contributed by atoms with van der Waals surface area (Å²) in [5.74, 6) is 0.106. The van der Waals surface area contributed by atoms with Gasteiger partial charge in [0.1, 0.15) is 0 Å². The maximum absolute atomic E-state index is 12.0. The van der Waals surface area contributed by atoms with Gasteiger partial charge in [0, 0.05) is 37.6 Å². The van der Waals surface area contributed by atoms with Crippen molar-refractivity contribution in [2.24, 2.45) is 0 Å². The lowest BCUT2D eigenvalue weighted by Crippen LogP contribution is -2.34. The van der Waals surface area contributed by atoms with Crippen LogP contribution in [0.2, 0.25) is 0 Å². The Bertz CT molecular complexity index is 705. The van der Waals surface area contributed by atoms with Crippen LogP contribution in [-0.2, 0) is 4.79 Å². The molecule has 6 nitrogen and oxygen atoms in total. The third-order valence-corrected chi connectivity index (χ3v) is 3.96.